The Bertz CT molecular complexity index is 1460. The standard InChI is InChI=1S/C31H34N4O3S.C2H6/c1-18(2)27(35-16-22-8-5-6-9-24(22)29(35)36)31(38)33-13-7-10-26(33)30(37)34-15-23-12-11-21(14-25(23)20(34)4)28-19(3)32-17-39-28;1-2/h5-6,8-9,11-12,14,17-18,20,26-27H,7,10,13,15-16H2,1-4H3;1-2H3. The minimum absolute atomic E-state index is 0.00129. The molecule has 1 saturated heterocycles. The van der Waals surface area contributed by atoms with Gasteiger partial charge in [0.1, 0.15) is 12.1 Å². The predicted molar refractivity (Wildman–Crippen MR) is 162 cm³/mol. The molecule has 3 amide bonds. The van der Waals surface area contributed by atoms with Gasteiger partial charge in [0.15, 0.2) is 0 Å². The Morgan fingerprint density at radius 3 is 2.46 bits per heavy atom. The number of aromatic nitrogens is 1. The molecule has 216 valence electrons. The van der Waals surface area contributed by atoms with Crippen LogP contribution < -0.4 is 0 Å². The maximum atomic E-state index is 14.1. The average molecular weight is 573 g/mol. The molecule has 0 radical (unpaired) electrons. The highest BCUT2D eigenvalue weighted by Gasteiger charge is 2.45. The van der Waals surface area contributed by atoms with Crippen LogP contribution in [0.15, 0.2) is 48.0 Å². The van der Waals surface area contributed by atoms with Gasteiger partial charge in [0.05, 0.1) is 22.1 Å². The normalized spacial score (nSPS) is 20.2. The quantitative estimate of drug-likeness (QED) is 0.364. The third-order valence-corrected chi connectivity index (χ3v) is 9.56. The molecule has 3 unspecified atom stereocenters. The summed E-state index contributed by atoms with van der Waals surface area (Å²) in [4.78, 5) is 52.3. The third kappa shape index (κ3) is 5.07. The van der Waals surface area contributed by atoms with Crippen LogP contribution in [0.4, 0.5) is 0 Å². The smallest absolute Gasteiger partial charge is 0.255 e. The number of nitrogens with zero attached hydrogens (tertiary/aromatic N) is 4. The van der Waals surface area contributed by atoms with Crippen LogP contribution in [0.5, 0.6) is 0 Å². The molecule has 1 fully saturated rings. The van der Waals surface area contributed by atoms with E-state index in [-0.39, 0.29) is 29.7 Å². The second-order valence-corrected chi connectivity index (χ2v) is 12.1. The Morgan fingerprint density at radius 1 is 1.02 bits per heavy atom. The van der Waals surface area contributed by atoms with E-state index in [1.54, 1.807) is 21.1 Å². The number of fused-ring (bicyclic) bond motifs is 2. The number of carbonyl (C=O) groups excluding carboxylic acids is 3. The first-order valence-corrected chi connectivity index (χ1v) is 15.7. The van der Waals surface area contributed by atoms with Crippen LogP contribution in [0.25, 0.3) is 10.4 Å². The lowest BCUT2D eigenvalue weighted by Crippen LogP contribution is -2.55. The number of likely N-dealkylation sites (tertiary alicyclic amines) is 1. The summed E-state index contributed by atoms with van der Waals surface area (Å²) >= 11 is 1.63. The molecule has 6 rings (SSSR count). The van der Waals surface area contributed by atoms with E-state index in [4.69, 9.17) is 0 Å². The van der Waals surface area contributed by atoms with Crippen LogP contribution >= 0.6 is 11.3 Å². The predicted octanol–water partition coefficient (Wildman–Crippen LogP) is 6.22. The van der Waals surface area contributed by atoms with E-state index in [9.17, 15) is 14.4 Å². The van der Waals surface area contributed by atoms with Crippen LogP contribution in [0.1, 0.15) is 86.2 Å². The van der Waals surface area contributed by atoms with Crippen molar-refractivity contribution in [1.82, 2.24) is 19.7 Å². The molecule has 0 bridgehead atoms. The number of rotatable bonds is 5. The van der Waals surface area contributed by atoms with Crippen LogP contribution in [0, 0.1) is 12.8 Å². The number of carbonyl (C=O) groups is 3. The lowest BCUT2D eigenvalue weighted by atomic mass is 10.00. The van der Waals surface area contributed by atoms with E-state index >= 15 is 0 Å². The molecular formula is C33H40N4O3S. The number of thiazole rings is 1. The van der Waals surface area contributed by atoms with Crippen LogP contribution in [0.2, 0.25) is 0 Å². The highest BCUT2D eigenvalue weighted by atomic mass is 32.1. The lowest BCUT2D eigenvalue weighted by Gasteiger charge is -2.36. The van der Waals surface area contributed by atoms with Gasteiger partial charge in [-0.25, -0.2) is 4.98 Å². The Balaban J connectivity index is 0.00000165. The number of hydrogen-bond acceptors (Lipinski definition) is 5. The van der Waals surface area contributed by atoms with Gasteiger partial charge in [-0.1, -0.05) is 58.0 Å². The molecule has 7 nitrogen and oxygen atoms in total. The fourth-order valence-corrected chi connectivity index (χ4v) is 7.34. The van der Waals surface area contributed by atoms with E-state index in [0.29, 0.717) is 31.6 Å². The minimum atomic E-state index is -0.600. The first kappa shape index (κ1) is 29.0. The monoisotopic (exact) mass is 572 g/mol. The molecule has 0 saturated carbocycles. The molecule has 3 aromatic rings. The van der Waals surface area contributed by atoms with Gasteiger partial charge >= 0.3 is 0 Å². The second kappa shape index (κ2) is 11.8. The molecule has 2 aromatic carbocycles. The van der Waals surface area contributed by atoms with E-state index < -0.39 is 12.1 Å². The first-order valence-electron chi connectivity index (χ1n) is 14.8. The van der Waals surface area contributed by atoms with Crippen molar-refractivity contribution in [2.24, 2.45) is 5.92 Å². The Hall–Kier alpha value is -3.52. The van der Waals surface area contributed by atoms with Crippen molar-refractivity contribution in [2.45, 2.75) is 85.6 Å². The van der Waals surface area contributed by atoms with Gasteiger partial charge in [0, 0.05) is 25.2 Å². The van der Waals surface area contributed by atoms with Gasteiger partial charge in [-0.2, -0.15) is 0 Å². The lowest BCUT2D eigenvalue weighted by molar-refractivity contribution is -0.148. The van der Waals surface area contributed by atoms with E-state index in [1.165, 1.54) is 0 Å². The summed E-state index contributed by atoms with van der Waals surface area (Å²) in [7, 11) is 0. The fraction of sp³-hybridized carbons (Fsp3) is 0.455. The minimum Gasteiger partial charge on any atom is -0.330 e. The third-order valence-electron chi connectivity index (χ3n) is 8.59. The van der Waals surface area contributed by atoms with Crippen molar-refractivity contribution < 1.29 is 14.4 Å². The van der Waals surface area contributed by atoms with Crippen LogP contribution in [-0.2, 0) is 22.7 Å². The maximum absolute atomic E-state index is 14.1. The van der Waals surface area contributed by atoms with Crippen molar-refractivity contribution >= 4 is 29.1 Å². The molecule has 41 heavy (non-hydrogen) atoms. The van der Waals surface area contributed by atoms with Crippen molar-refractivity contribution in [2.75, 3.05) is 6.54 Å². The van der Waals surface area contributed by atoms with E-state index in [2.05, 4.69) is 30.1 Å². The summed E-state index contributed by atoms with van der Waals surface area (Å²) in [6, 6.07) is 12.8. The summed E-state index contributed by atoms with van der Waals surface area (Å²) in [5.74, 6) is -0.293. The molecule has 0 N–H and O–H groups in total. The summed E-state index contributed by atoms with van der Waals surface area (Å²) in [5, 5.41) is 0. The second-order valence-electron chi connectivity index (χ2n) is 11.3. The molecule has 0 aliphatic carbocycles. The molecule has 3 aliphatic rings. The molecule has 1 aromatic heterocycles. The fourth-order valence-electron chi connectivity index (χ4n) is 6.53. The first-order chi connectivity index (χ1) is 19.8. The zero-order valence-corrected chi connectivity index (χ0v) is 25.7. The highest BCUT2D eigenvalue weighted by molar-refractivity contribution is 7.13. The largest absolute Gasteiger partial charge is 0.330 e. The van der Waals surface area contributed by atoms with E-state index in [1.807, 2.05) is 69.3 Å². The molecule has 4 heterocycles. The SMILES string of the molecule is CC.Cc1ncsc1-c1ccc2c(c1)C(C)N(C(=O)C1CCCN1C(=O)C(C(C)C)N1Cc3ccccc3C1=O)C2. The molecule has 3 atom stereocenters. The van der Waals surface area contributed by atoms with E-state index in [0.717, 1.165) is 39.2 Å². The Kier molecular flexibility index (Phi) is 8.32. The van der Waals surface area contributed by atoms with Gasteiger partial charge in [0.2, 0.25) is 11.8 Å². The topological polar surface area (TPSA) is 73.8 Å². The van der Waals surface area contributed by atoms with Crippen molar-refractivity contribution in [1.29, 1.82) is 0 Å². The average Bonchev–Trinajstić information content (AvgIpc) is 3.76. The summed E-state index contributed by atoms with van der Waals surface area (Å²) < 4.78 is 0. The summed E-state index contributed by atoms with van der Waals surface area (Å²) in [6.07, 6.45) is 1.43. The van der Waals surface area contributed by atoms with Gasteiger partial charge in [-0.15, -0.1) is 11.3 Å². The Labute approximate surface area is 247 Å². The Morgan fingerprint density at radius 2 is 1.78 bits per heavy atom. The number of hydrogen-bond donors (Lipinski definition) is 0. The number of benzene rings is 2. The van der Waals surface area contributed by atoms with Crippen LogP contribution in [-0.4, -0.2) is 56.0 Å². The molecule has 3 aliphatic heterocycles. The summed E-state index contributed by atoms with van der Waals surface area (Å²) in [5.41, 5.74) is 7.93. The molecule has 8 heteroatoms. The van der Waals surface area contributed by atoms with Gasteiger partial charge in [-0.05, 0) is 67.0 Å². The van der Waals surface area contributed by atoms with Crippen molar-refractivity contribution in [3.8, 4) is 10.4 Å². The zero-order chi connectivity index (χ0) is 29.4. The van der Waals surface area contributed by atoms with Gasteiger partial charge in [-0.3, -0.25) is 14.4 Å². The molecule has 0 spiro atoms. The van der Waals surface area contributed by atoms with Gasteiger partial charge < -0.3 is 14.7 Å². The molecular weight excluding hydrogens is 532 g/mol. The summed E-state index contributed by atoms with van der Waals surface area (Å²) in [6.45, 7) is 13.6. The highest BCUT2D eigenvalue weighted by Crippen LogP contribution is 2.39. The zero-order valence-electron chi connectivity index (χ0n) is 24.9. The number of amides is 3. The van der Waals surface area contributed by atoms with Gasteiger partial charge in [0.25, 0.3) is 5.91 Å². The van der Waals surface area contributed by atoms with Crippen LogP contribution in [0.3, 0.4) is 0 Å². The van der Waals surface area contributed by atoms with Crippen molar-refractivity contribution in [3.05, 3.63) is 75.9 Å². The van der Waals surface area contributed by atoms with Crippen molar-refractivity contribution in [3.63, 3.8) is 0 Å². The number of aryl methyl sites for hydroxylation is 1. The maximum Gasteiger partial charge on any atom is 0.255 e.